The molecule has 30 heavy (non-hydrogen) atoms. The fourth-order valence-corrected chi connectivity index (χ4v) is 4.56. The van der Waals surface area contributed by atoms with Gasteiger partial charge in [0.05, 0.1) is 37.4 Å². The molecule has 0 spiro atoms. The lowest BCUT2D eigenvalue weighted by atomic mass is 10.2. The molecule has 2 aromatic carbocycles. The van der Waals surface area contributed by atoms with Crippen LogP contribution in [0, 0.1) is 20.2 Å². The second-order valence-electron chi connectivity index (χ2n) is 5.87. The van der Waals surface area contributed by atoms with Crippen LogP contribution in [0.2, 0.25) is 0 Å². The van der Waals surface area contributed by atoms with Crippen LogP contribution in [0.1, 0.15) is 12.8 Å². The SMILES string of the molecule is O=C(O)CCC(=O)Nc1ccc2nc(Sc3ccc([N+](=O)[O-])cc3[N+](=O)[O-])sc2c1. The zero-order valence-electron chi connectivity index (χ0n) is 14.9. The minimum atomic E-state index is -1.06. The van der Waals surface area contributed by atoms with Crippen molar-refractivity contribution in [3.8, 4) is 0 Å². The number of hydrogen-bond acceptors (Lipinski definition) is 9. The smallest absolute Gasteiger partial charge is 0.303 e. The molecule has 3 aromatic rings. The first-order valence-corrected chi connectivity index (χ1v) is 9.89. The van der Waals surface area contributed by atoms with Crippen LogP contribution < -0.4 is 5.32 Å². The van der Waals surface area contributed by atoms with Gasteiger partial charge in [-0.15, -0.1) is 11.3 Å². The maximum Gasteiger partial charge on any atom is 0.303 e. The summed E-state index contributed by atoms with van der Waals surface area (Å²) < 4.78 is 1.19. The summed E-state index contributed by atoms with van der Waals surface area (Å²) in [6.45, 7) is 0. The highest BCUT2D eigenvalue weighted by molar-refractivity contribution is 8.01. The van der Waals surface area contributed by atoms with Gasteiger partial charge in [0.25, 0.3) is 11.4 Å². The van der Waals surface area contributed by atoms with E-state index >= 15 is 0 Å². The number of benzene rings is 2. The van der Waals surface area contributed by atoms with Gasteiger partial charge in [-0.3, -0.25) is 29.8 Å². The number of nitrogens with zero attached hydrogens (tertiary/aromatic N) is 3. The molecule has 13 heteroatoms. The number of carbonyl (C=O) groups excluding carboxylic acids is 1. The average molecular weight is 448 g/mol. The molecule has 0 fully saturated rings. The fourth-order valence-electron chi connectivity index (χ4n) is 2.41. The molecule has 0 aliphatic carbocycles. The van der Waals surface area contributed by atoms with Gasteiger partial charge in [0.2, 0.25) is 5.91 Å². The highest BCUT2D eigenvalue weighted by atomic mass is 32.2. The van der Waals surface area contributed by atoms with E-state index in [4.69, 9.17) is 5.11 Å². The Morgan fingerprint density at radius 2 is 1.87 bits per heavy atom. The van der Waals surface area contributed by atoms with E-state index in [-0.39, 0.29) is 29.1 Å². The molecule has 1 aromatic heterocycles. The largest absolute Gasteiger partial charge is 0.481 e. The quantitative estimate of drug-likeness (QED) is 0.381. The molecule has 0 atom stereocenters. The van der Waals surface area contributed by atoms with Crippen LogP contribution in [-0.4, -0.2) is 31.8 Å². The van der Waals surface area contributed by atoms with Gasteiger partial charge in [0.15, 0.2) is 4.34 Å². The molecule has 154 valence electrons. The molecule has 1 heterocycles. The van der Waals surface area contributed by atoms with Gasteiger partial charge in [-0.05, 0) is 24.3 Å². The van der Waals surface area contributed by atoms with Crippen molar-refractivity contribution in [2.45, 2.75) is 22.1 Å². The van der Waals surface area contributed by atoms with Gasteiger partial charge in [-0.25, -0.2) is 4.98 Å². The number of nitrogens with one attached hydrogen (secondary N) is 1. The normalized spacial score (nSPS) is 10.7. The molecule has 0 saturated heterocycles. The molecule has 0 aliphatic rings. The summed E-state index contributed by atoms with van der Waals surface area (Å²) in [5, 5.41) is 33.4. The Morgan fingerprint density at radius 1 is 1.10 bits per heavy atom. The first kappa shape index (κ1) is 21.1. The highest BCUT2D eigenvalue weighted by Gasteiger charge is 2.21. The third-order valence-corrected chi connectivity index (χ3v) is 5.91. The number of amides is 1. The van der Waals surface area contributed by atoms with Crippen LogP contribution >= 0.6 is 23.1 Å². The number of nitro groups is 2. The molecule has 11 nitrogen and oxygen atoms in total. The van der Waals surface area contributed by atoms with Gasteiger partial charge in [0.1, 0.15) is 0 Å². The highest BCUT2D eigenvalue weighted by Crippen LogP contribution is 2.40. The van der Waals surface area contributed by atoms with Gasteiger partial charge in [-0.2, -0.15) is 0 Å². The number of nitro benzene ring substituents is 2. The van der Waals surface area contributed by atoms with Crippen LogP contribution in [0.5, 0.6) is 0 Å². The number of carboxylic acid groups (broad SMARTS) is 1. The monoisotopic (exact) mass is 448 g/mol. The van der Waals surface area contributed by atoms with Crippen LogP contribution in [0.4, 0.5) is 17.1 Å². The molecule has 1 amide bonds. The van der Waals surface area contributed by atoms with E-state index in [1.807, 2.05) is 0 Å². The number of carboxylic acids is 1. The van der Waals surface area contributed by atoms with Crippen LogP contribution in [0.15, 0.2) is 45.6 Å². The number of carbonyl (C=O) groups is 2. The lowest BCUT2D eigenvalue weighted by molar-refractivity contribution is -0.396. The standard InChI is InChI=1S/C17H12N4O7S2/c22-15(5-6-16(23)24)18-9-1-3-11-14(7-9)30-17(19-11)29-13-4-2-10(20(25)26)8-12(13)21(27)28/h1-4,7-8H,5-6H2,(H,18,22)(H,23,24). The van der Waals surface area contributed by atoms with Crippen molar-refractivity contribution in [2.24, 2.45) is 0 Å². The van der Waals surface area contributed by atoms with Gasteiger partial charge >= 0.3 is 5.97 Å². The number of anilines is 1. The van der Waals surface area contributed by atoms with E-state index in [2.05, 4.69) is 10.3 Å². The Bertz CT molecular complexity index is 1180. The Morgan fingerprint density at radius 3 is 2.53 bits per heavy atom. The third kappa shape index (κ3) is 5.07. The summed E-state index contributed by atoms with van der Waals surface area (Å²) >= 11 is 2.24. The third-order valence-electron chi connectivity index (χ3n) is 3.77. The minimum Gasteiger partial charge on any atom is -0.481 e. The fraction of sp³-hybridized carbons (Fsp3) is 0.118. The summed E-state index contributed by atoms with van der Waals surface area (Å²) in [6.07, 6.45) is -0.426. The number of aromatic nitrogens is 1. The van der Waals surface area contributed by atoms with E-state index in [1.54, 1.807) is 18.2 Å². The average Bonchev–Trinajstić information content (AvgIpc) is 3.07. The maximum atomic E-state index is 11.8. The lowest BCUT2D eigenvalue weighted by Gasteiger charge is -2.03. The molecule has 0 bridgehead atoms. The van der Waals surface area contributed by atoms with Crippen molar-refractivity contribution in [3.63, 3.8) is 0 Å². The molecule has 0 aliphatic heterocycles. The van der Waals surface area contributed by atoms with E-state index < -0.39 is 21.7 Å². The molecule has 0 saturated carbocycles. The molecular weight excluding hydrogens is 436 g/mol. The molecule has 0 radical (unpaired) electrons. The number of fused-ring (bicyclic) bond motifs is 1. The number of rotatable bonds is 8. The summed E-state index contributed by atoms with van der Waals surface area (Å²) in [4.78, 5) is 47.6. The number of thiazole rings is 1. The predicted molar refractivity (Wildman–Crippen MR) is 109 cm³/mol. The number of aliphatic carboxylic acids is 1. The number of hydrogen-bond donors (Lipinski definition) is 2. The van der Waals surface area contributed by atoms with Crippen LogP contribution in [0.25, 0.3) is 10.2 Å². The van der Waals surface area contributed by atoms with E-state index in [9.17, 15) is 29.8 Å². The first-order chi connectivity index (χ1) is 14.2. The van der Waals surface area contributed by atoms with Gasteiger partial charge in [-0.1, -0.05) is 11.8 Å². The van der Waals surface area contributed by atoms with Crippen LogP contribution in [0.3, 0.4) is 0 Å². The van der Waals surface area contributed by atoms with Gasteiger partial charge < -0.3 is 10.4 Å². The van der Waals surface area contributed by atoms with Crippen LogP contribution in [-0.2, 0) is 9.59 Å². The molecule has 0 unspecified atom stereocenters. The van der Waals surface area contributed by atoms with E-state index in [0.29, 0.717) is 20.2 Å². The first-order valence-electron chi connectivity index (χ1n) is 8.26. The summed E-state index contributed by atoms with van der Waals surface area (Å²) in [5.41, 5.74) is 0.313. The Labute approximate surface area is 176 Å². The summed E-state index contributed by atoms with van der Waals surface area (Å²) in [7, 11) is 0. The minimum absolute atomic E-state index is 0.152. The number of non-ortho nitro benzene ring substituents is 1. The zero-order valence-corrected chi connectivity index (χ0v) is 16.6. The molecular formula is C17H12N4O7S2. The maximum absolute atomic E-state index is 11.8. The van der Waals surface area contributed by atoms with Crippen molar-refractivity contribution in [1.82, 2.24) is 4.98 Å². The Kier molecular flexibility index (Phi) is 6.23. The van der Waals surface area contributed by atoms with Gasteiger partial charge in [0, 0.05) is 18.2 Å². The second-order valence-corrected chi connectivity index (χ2v) is 8.19. The predicted octanol–water partition coefficient (Wildman–Crippen LogP) is 4.07. The Hall–Kier alpha value is -3.58. The van der Waals surface area contributed by atoms with Crippen molar-refractivity contribution in [1.29, 1.82) is 0 Å². The Balaban J connectivity index is 1.81. The lowest BCUT2D eigenvalue weighted by Crippen LogP contribution is -2.12. The van der Waals surface area contributed by atoms with E-state index in [1.165, 1.54) is 23.5 Å². The van der Waals surface area contributed by atoms with Crippen molar-refractivity contribution >= 4 is 62.3 Å². The van der Waals surface area contributed by atoms with Crippen molar-refractivity contribution in [3.05, 3.63) is 56.6 Å². The summed E-state index contributed by atoms with van der Waals surface area (Å²) in [6, 6.07) is 8.34. The zero-order chi connectivity index (χ0) is 21.8. The molecule has 3 rings (SSSR count). The summed E-state index contributed by atoms with van der Waals surface area (Å²) in [5.74, 6) is -1.50. The van der Waals surface area contributed by atoms with E-state index in [0.717, 1.165) is 17.8 Å². The topological polar surface area (TPSA) is 166 Å². The molecule has 2 N–H and O–H groups in total. The van der Waals surface area contributed by atoms with Crippen molar-refractivity contribution < 1.29 is 24.5 Å². The second kappa shape index (κ2) is 8.84. The van der Waals surface area contributed by atoms with Crippen molar-refractivity contribution in [2.75, 3.05) is 5.32 Å².